The van der Waals surface area contributed by atoms with E-state index in [1.54, 1.807) is 11.8 Å². The Hall–Kier alpha value is -2.44. The Morgan fingerprint density at radius 1 is 1.12 bits per heavy atom. The van der Waals surface area contributed by atoms with Gasteiger partial charge >= 0.3 is 0 Å². The summed E-state index contributed by atoms with van der Waals surface area (Å²) in [5.74, 6) is -0.282. The number of thioether (sulfide) groups is 1. The maximum Gasteiger partial charge on any atom is 0.125 e. The smallest absolute Gasteiger partial charge is 0.125 e. The van der Waals surface area contributed by atoms with Crippen LogP contribution in [0, 0.1) is 12.7 Å². The molecule has 2 aromatic carbocycles. The molecule has 0 N–H and O–H groups in total. The average molecular weight is 508 g/mol. The van der Waals surface area contributed by atoms with Crippen LogP contribution in [0.25, 0.3) is 22.2 Å². The van der Waals surface area contributed by atoms with Gasteiger partial charge in [-0.3, -0.25) is 4.98 Å². The van der Waals surface area contributed by atoms with Gasteiger partial charge in [0.2, 0.25) is 0 Å². The Bertz CT molecular complexity index is 1370. The summed E-state index contributed by atoms with van der Waals surface area (Å²) in [5.41, 5.74) is 6.78. The average Bonchev–Trinajstić information content (AvgIpc) is 3.03. The van der Waals surface area contributed by atoms with Crippen LogP contribution in [0.2, 0.25) is 0 Å². The molecule has 0 unspecified atom stereocenters. The van der Waals surface area contributed by atoms with E-state index < -0.39 is 0 Å². The van der Waals surface area contributed by atoms with Crippen molar-refractivity contribution in [3.8, 4) is 11.3 Å². The van der Waals surface area contributed by atoms with E-state index >= 15 is 0 Å². The van der Waals surface area contributed by atoms with Crippen molar-refractivity contribution in [3.05, 3.63) is 76.3 Å². The van der Waals surface area contributed by atoms with E-state index in [-0.39, 0.29) is 11.2 Å². The van der Waals surface area contributed by atoms with Crippen LogP contribution in [0.5, 0.6) is 0 Å². The molecule has 0 fully saturated rings. The van der Waals surface area contributed by atoms with Crippen molar-refractivity contribution in [1.29, 1.82) is 0 Å². The Morgan fingerprint density at radius 3 is 2.69 bits per heavy atom. The first-order valence-corrected chi connectivity index (χ1v) is 12.5. The van der Waals surface area contributed by atoms with E-state index in [1.807, 2.05) is 24.4 Å². The molecule has 0 spiro atoms. The van der Waals surface area contributed by atoms with Crippen LogP contribution >= 0.6 is 27.7 Å². The lowest BCUT2D eigenvalue weighted by atomic mass is 9.91. The van der Waals surface area contributed by atoms with Gasteiger partial charge in [-0.25, -0.2) is 9.37 Å². The lowest BCUT2D eigenvalue weighted by Gasteiger charge is -2.27. The molecule has 1 aliphatic rings. The molecule has 2 aromatic heterocycles. The summed E-state index contributed by atoms with van der Waals surface area (Å²) in [7, 11) is 0. The Kier molecular flexibility index (Phi) is 5.25. The number of nitrogens with zero attached hydrogens (tertiary/aromatic N) is 3. The fourth-order valence-electron chi connectivity index (χ4n) is 4.68. The van der Waals surface area contributed by atoms with Gasteiger partial charge < -0.3 is 4.90 Å². The summed E-state index contributed by atoms with van der Waals surface area (Å²) >= 11 is 5.29. The molecule has 0 bridgehead atoms. The van der Waals surface area contributed by atoms with Gasteiger partial charge in [-0.2, -0.15) is 0 Å². The van der Waals surface area contributed by atoms with E-state index in [1.165, 1.54) is 12.1 Å². The molecule has 6 heteroatoms. The number of pyridine rings is 2. The molecular formula is C26H23BrFN3S. The zero-order chi connectivity index (χ0) is 22.6. The second-order valence-corrected chi connectivity index (χ2v) is 10.6. The van der Waals surface area contributed by atoms with Crippen molar-refractivity contribution in [2.24, 2.45) is 0 Å². The number of rotatable bonds is 3. The first-order valence-electron chi connectivity index (χ1n) is 10.5. The minimum absolute atomic E-state index is 0.116. The molecule has 3 nitrogen and oxygen atoms in total. The summed E-state index contributed by atoms with van der Waals surface area (Å²) in [6.45, 7) is 7.34. The van der Waals surface area contributed by atoms with Gasteiger partial charge in [0, 0.05) is 44.5 Å². The number of aromatic nitrogens is 2. The number of hydrogen-bond donors (Lipinski definition) is 0. The van der Waals surface area contributed by atoms with Crippen LogP contribution < -0.4 is 4.90 Å². The Labute approximate surface area is 200 Å². The lowest BCUT2D eigenvalue weighted by Crippen LogP contribution is -2.26. The molecular weight excluding hydrogens is 485 g/mol. The molecule has 4 aromatic rings. The molecule has 32 heavy (non-hydrogen) atoms. The van der Waals surface area contributed by atoms with Crippen LogP contribution in [0.15, 0.2) is 64.1 Å². The molecule has 162 valence electrons. The van der Waals surface area contributed by atoms with Crippen molar-refractivity contribution in [2.45, 2.75) is 31.1 Å². The highest BCUT2D eigenvalue weighted by atomic mass is 79.9. The number of fused-ring (bicyclic) bond motifs is 2. The van der Waals surface area contributed by atoms with Crippen LogP contribution in [-0.2, 0) is 5.41 Å². The van der Waals surface area contributed by atoms with E-state index in [9.17, 15) is 4.39 Å². The van der Waals surface area contributed by atoms with Crippen molar-refractivity contribution in [2.75, 3.05) is 17.7 Å². The Balaban J connectivity index is 1.85. The summed E-state index contributed by atoms with van der Waals surface area (Å²) < 4.78 is 15.2. The molecule has 5 rings (SSSR count). The predicted molar refractivity (Wildman–Crippen MR) is 136 cm³/mol. The number of halogens is 2. The van der Waals surface area contributed by atoms with Gasteiger partial charge in [0.05, 0.1) is 28.3 Å². The Morgan fingerprint density at radius 2 is 1.91 bits per heavy atom. The van der Waals surface area contributed by atoms with Gasteiger partial charge in [-0.05, 0) is 58.9 Å². The summed E-state index contributed by atoms with van der Waals surface area (Å²) in [6, 6.07) is 15.3. The van der Waals surface area contributed by atoms with E-state index in [2.05, 4.69) is 66.1 Å². The third-order valence-electron chi connectivity index (χ3n) is 6.11. The zero-order valence-electron chi connectivity index (χ0n) is 18.4. The highest BCUT2D eigenvalue weighted by Crippen LogP contribution is 2.48. The molecule has 0 amide bonds. The number of benzene rings is 2. The van der Waals surface area contributed by atoms with Crippen molar-refractivity contribution in [1.82, 2.24) is 9.97 Å². The molecule has 0 aliphatic carbocycles. The van der Waals surface area contributed by atoms with E-state index in [0.717, 1.165) is 55.2 Å². The van der Waals surface area contributed by atoms with Gasteiger partial charge in [0.1, 0.15) is 5.82 Å². The van der Waals surface area contributed by atoms with Crippen molar-refractivity contribution in [3.63, 3.8) is 0 Å². The molecule has 1 aliphatic heterocycles. The largest absolute Gasteiger partial charge is 0.338 e. The van der Waals surface area contributed by atoms with Gasteiger partial charge in [-0.1, -0.05) is 32.0 Å². The molecule has 0 radical (unpaired) electrons. The topological polar surface area (TPSA) is 29.0 Å². The quantitative estimate of drug-likeness (QED) is 0.266. The standard InChI is InChI=1S/C26H23BrFN3S/c1-15-23(19-7-5-6-8-22(19)32-4)30-20-12-17(28)9-10-18(20)24(15)31-14-26(2,3)25-21(31)11-16(27)13-29-25/h5-13H,14H2,1-4H3. The maximum atomic E-state index is 14.3. The first-order chi connectivity index (χ1) is 15.3. The highest BCUT2D eigenvalue weighted by molar-refractivity contribution is 9.10. The number of hydrogen-bond acceptors (Lipinski definition) is 4. The normalized spacial score (nSPS) is 14.8. The minimum atomic E-state index is -0.282. The monoisotopic (exact) mass is 507 g/mol. The fourth-order valence-corrected chi connectivity index (χ4v) is 5.60. The second-order valence-electron chi connectivity index (χ2n) is 8.79. The second kappa shape index (κ2) is 7.85. The zero-order valence-corrected chi connectivity index (χ0v) is 20.8. The third kappa shape index (κ3) is 3.41. The highest BCUT2D eigenvalue weighted by Gasteiger charge is 2.39. The summed E-state index contributed by atoms with van der Waals surface area (Å²) in [4.78, 5) is 13.2. The SMILES string of the molecule is CSc1ccccc1-c1nc2cc(F)ccc2c(N2CC(C)(C)c3ncc(Br)cc32)c1C. The lowest BCUT2D eigenvalue weighted by molar-refractivity contribution is 0.554. The molecule has 0 atom stereocenters. The van der Waals surface area contributed by atoms with E-state index in [0.29, 0.717) is 5.52 Å². The molecule has 0 saturated carbocycles. The van der Waals surface area contributed by atoms with Gasteiger partial charge in [-0.15, -0.1) is 11.8 Å². The first kappa shape index (κ1) is 21.4. The summed E-state index contributed by atoms with van der Waals surface area (Å²) in [6.07, 6.45) is 3.93. The summed E-state index contributed by atoms with van der Waals surface area (Å²) in [5, 5.41) is 0.943. The van der Waals surface area contributed by atoms with Crippen molar-refractivity contribution < 1.29 is 4.39 Å². The van der Waals surface area contributed by atoms with Crippen LogP contribution in [-0.4, -0.2) is 22.8 Å². The van der Waals surface area contributed by atoms with E-state index in [4.69, 9.17) is 9.97 Å². The third-order valence-corrected chi connectivity index (χ3v) is 7.34. The van der Waals surface area contributed by atoms with Crippen LogP contribution in [0.1, 0.15) is 25.1 Å². The maximum absolute atomic E-state index is 14.3. The number of anilines is 2. The van der Waals surface area contributed by atoms with Crippen molar-refractivity contribution >= 4 is 50.0 Å². The van der Waals surface area contributed by atoms with Gasteiger partial charge in [0.25, 0.3) is 0 Å². The van der Waals surface area contributed by atoms with Gasteiger partial charge in [0.15, 0.2) is 0 Å². The predicted octanol–water partition coefficient (Wildman–Crippen LogP) is 7.66. The fraction of sp³-hybridized carbons (Fsp3) is 0.231. The van der Waals surface area contributed by atoms with Crippen LogP contribution in [0.3, 0.4) is 0 Å². The van der Waals surface area contributed by atoms with Crippen LogP contribution in [0.4, 0.5) is 15.8 Å². The molecule has 3 heterocycles. The minimum Gasteiger partial charge on any atom is -0.338 e. The molecule has 0 saturated heterocycles.